The summed E-state index contributed by atoms with van der Waals surface area (Å²) in [6, 6.07) is 6.32. The second-order valence-electron chi connectivity index (χ2n) is 5.93. The Balaban J connectivity index is 1.77. The molecule has 1 amide bonds. The van der Waals surface area contributed by atoms with Gasteiger partial charge in [0, 0.05) is 18.7 Å². The number of alkyl halides is 2. The molecule has 0 aliphatic heterocycles. The number of hydrogen-bond donors (Lipinski definition) is 1. The molecule has 0 aliphatic carbocycles. The van der Waals surface area contributed by atoms with Crippen LogP contribution >= 0.6 is 11.3 Å². The quantitative estimate of drug-likeness (QED) is 0.592. The Hall–Kier alpha value is -3.27. The molecule has 152 valence electrons. The lowest BCUT2D eigenvalue weighted by molar-refractivity contribution is -0.125. The standard InChI is InChI=1S/C19H17F2N3O4S/c1-24(10-14-22-12-8-9-29-17(12)18(26)23-14)15(25)7-6-11-4-3-5-13(27-2)16(11)28-19(20)21/h3-9,19H,10H2,1-2H3,(H,22,23,26)/b7-6+. The number of nitrogens with zero attached hydrogens (tertiary/aromatic N) is 2. The van der Waals surface area contributed by atoms with Crippen molar-refractivity contribution in [2.75, 3.05) is 14.2 Å². The number of likely N-dealkylation sites (N-methyl/N-ethyl adjacent to an activating group) is 1. The number of halogens is 2. The first-order chi connectivity index (χ1) is 13.9. The molecular formula is C19H17F2N3O4S. The van der Waals surface area contributed by atoms with Crippen LogP contribution in [-0.4, -0.2) is 41.5 Å². The number of aromatic amines is 1. The van der Waals surface area contributed by atoms with Crippen molar-refractivity contribution in [1.29, 1.82) is 0 Å². The summed E-state index contributed by atoms with van der Waals surface area (Å²) in [6.45, 7) is -2.96. The Morgan fingerprint density at radius 1 is 1.38 bits per heavy atom. The van der Waals surface area contributed by atoms with E-state index in [1.54, 1.807) is 17.5 Å². The number of carbonyl (C=O) groups excluding carboxylic acids is 1. The van der Waals surface area contributed by atoms with Gasteiger partial charge in [-0.25, -0.2) is 4.98 Å². The van der Waals surface area contributed by atoms with Crippen LogP contribution in [0.1, 0.15) is 11.4 Å². The van der Waals surface area contributed by atoms with E-state index in [9.17, 15) is 18.4 Å². The van der Waals surface area contributed by atoms with Crippen LogP contribution in [0.4, 0.5) is 8.78 Å². The SMILES string of the molecule is COc1cccc(/C=C/C(=O)N(C)Cc2nc3ccsc3c(=O)[nH]2)c1OC(F)F. The fourth-order valence-electron chi connectivity index (χ4n) is 2.63. The number of ether oxygens (including phenoxy) is 2. The number of aromatic nitrogens is 2. The van der Waals surface area contributed by atoms with Gasteiger partial charge in [-0.15, -0.1) is 11.3 Å². The third-order valence-electron chi connectivity index (χ3n) is 3.97. The number of rotatable bonds is 7. The summed E-state index contributed by atoms with van der Waals surface area (Å²) in [6.07, 6.45) is 2.58. The molecule has 0 saturated heterocycles. The maximum atomic E-state index is 12.7. The van der Waals surface area contributed by atoms with Gasteiger partial charge in [-0.3, -0.25) is 9.59 Å². The molecule has 0 spiro atoms. The molecular weight excluding hydrogens is 404 g/mol. The topological polar surface area (TPSA) is 84.5 Å². The lowest BCUT2D eigenvalue weighted by atomic mass is 10.1. The van der Waals surface area contributed by atoms with Gasteiger partial charge < -0.3 is 19.4 Å². The molecule has 0 unspecified atom stereocenters. The monoisotopic (exact) mass is 421 g/mol. The molecule has 0 bridgehead atoms. The maximum Gasteiger partial charge on any atom is 0.387 e. The lowest BCUT2D eigenvalue weighted by Crippen LogP contribution is -2.26. The summed E-state index contributed by atoms with van der Waals surface area (Å²) in [5.74, 6) is -0.109. The van der Waals surface area contributed by atoms with E-state index >= 15 is 0 Å². The van der Waals surface area contributed by atoms with Crippen molar-refractivity contribution in [1.82, 2.24) is 14.9 Å². The summed E-state index contributed by atoms with van der Waals surface area (Å²) in [5, 5.41) is 1.77. The van der Waals surface area contributed by atoms with E-state index in [1.165, 1.54) is 54.7 Å². The number of hydrogen-bond acceptors (Lipinski definition) is 6. The first-order valence-electron chi connectivity index (χ1n) is 8.40. The van der Waals surface area contributed by atoms with Crippen molar-refractivity contribution in [2.45, 2.75) is 13.2 Å². The van der Waals surface area contributed by atoms with E-state index in [0.717, 1.165) is 0 Å². The van der Waals surface area contributed by atoms with Crippen LogP contribution in [0.2, 0.25) is 0 Å². The normalized spacial score (nSPS) is 11.3. The van der Waals surface area contributed by atoms with Crippen LogP contribution in [0.25, 0.3) is 16.3 Å². The van der Waals surface area contributed by atoms with Gasteiger partial charge in [0.2, 0.25) is 5.91 Å². The van der Waals surface area contributed by atoms with E-state index in [-0.39, 0.29) is 29.2 Å². The van der Waals surface area contributed by atoms with Crippen LogP contribution in [0.3, 0.4) is 0 Å². The van der Waals surface area contributed by atoms with Gasteiger partial charge in [0.1, 0.15) is 10.5 Å². The van der Waals surface area contributed by atoms with Crippen LogP contribution in [0.15, 0.2) is 40.5 Å². The number of fused-ring (bicyclic) bond motifs is 1. The highest BCUT2D eigenvalue weighted by molar-refractivity contribution is 7.17. The van der Waals surface area contributed by atoms with Gasteiger partial charge in [-0.05, 0) is 23.6 Å². The summed E-state index contributed by atoms with van der Waals surface area (Å²) in [7, 11) is 2.87. The van der Waals surface area contributed by atoms with Crippen molar-refractivity contribution in [3.63, 3.8) is 0 Å². The van der Waals surface area contributed by atoms with E-state index in [1.807, 2.05) is 0 Å². The van der Waals surface area contributed by atoms with Gasteiger partial charge in [0.05, 0.1) is 19.2 Å². The molecule has 0 radical (unpaired) electrons. The van der Waals surface area contributed by atoms with Crippen LogP contribution < -0.4 is 15.0 Å². The summed E-state index contributed by atoms with van der Waals surface area (Å²) in [4.78, 5) is 32.7. The molecule has 2 aromatic heterocycles. The zero-order valence-electron chi connectivity index (χ0n) is 15.5. The number of carbonyl (C=O) groups is 1. The highest BCUT2D eigenvalue weighted by Gasteiger charge is 2.15. The molecule has 7 nitrogen and oxygen atoms in total. The fraction of sp³-hybridized carbons (Fsp3) is 0.211. The minimum absolute atomic E-state index is 0.0721. The van der Waals surface area contributed by atoms with E-state index in [0.29, 0.717) is 16.0 Å². The Morgan fingerprint density at radius 3 is 2.90 bits per heavy atom. The number of benzene rings is 1. The molecule has 3 rings (SSSR count). The molecule has 1 aromatic carbocycles. The van der Waals surface area contributed by atoms with Crippen molar-refractivity contribution >= 4 is 33.5 Å². The smallest absolute Gasteiger partial charge is 0.387 e. The van der Waals surface area contributed by atoms with Gasteiger partial charge in [0.15, 0.2) is 11.5 Å². The fourth-order valence-corrected chi connectivity index (χ4v) is 3.35. The minimum atomic E-state index is -3.04. The van der Waals surface area contributed by atoms with Gasteiger partial charge in [-0.1, -0.05) is 12.1 Å². The van der Waals surface area contributed by atoms with Gasteiger partial charge in [-0.2, -0.15) is 8.78 Å². The predicted octanol–water partition coefficient (Wildman–Crippen LogP) is 3.27. The Labute approximate surface area is 168 Å². The molecule has 10 heteroatoms. The highest BCUT2D eigenvalue weighted by Crippen LogP contribution is 2.33. The molecule has 0 saturated carbocycles. The average molecular weight is 421 g/mol. The van der Waals surface area contributed by atoms with E-state index in [2.05, 4.69) is 14.7 Å². The average Bonchev–Trinajstić information content (AvgIpc) is 3.15. The van der Waals surface area contributed by atoms with E-state index in [4.69, 9.17) is 4.74 Å². The van der Waals surface area contributed by atoms with Crippen LogP contribution in [0, 0.1) is 0 Å². The first-order valence-corrected chi connectivity index (χ1v) is 9.28. The van der Waals surface area contributed by atoms with Crippen LogP contribution in [0.5, 0.6) is 11.5 Å². The highest BCUT2D eigenvalue weighted by atomic mass is 32.1. The summed E-state index contributed by atoms with van der Waals surface area (Å²) in [5.41, 5.74) is 0.564. The predicted molar refractivity (Wildman–Crippen MR) is 105 cm³/mol. The first kappa shape index (κ1) is 20.5. The lowest BCUT2D eigenvalue weighted by Gasteiger charge is -2.15. The maximum absolute atomic E-state index is 12.7. The summed E-state index contributed by atoms with van der Waals surface area (Å²) < 4.78 is 35.5. The molecule has 0 atom stereocenters. The number of H-pyrrole nitrogens is 1. The molecule has 29 heavy (non-hydrogen) atoms. The van der Waals surface area contributed by atoms with Crippen molar-refractivity contribution in [3.8, 4) is 11.5 Å². The van der Waals surface area contributed by atoms with Crippen molar-refractivity contribution in [2.24, 2.45) is 0 Å². The Kier molecular flexibility index (Phi) is 6.23. The minimum Gasteiger partial charge on any atom is -0.493 e. The third-order valence-corrected chi connectivity index (χ3v) is 4.87. The number of thiophene rings is 1. The zero-order valence-corrected chi connectivity index (χ0v) is 16.3. The number of nitrogens with one attached hydrogen (secondary N) is 1. The van der Waals surface area contributed by atoms with Crippen molar-refractivity contribution in [3.05, 3.63) is 57.5 Å². The number of para-hydroxylation sites is 1. The number of amides is 1. The molecule has 2 heterocycles. The largest absolute Gasteiger partial charge is 0.493 e. The van der Waals surface area contributed by atoms with E-state index < -0.39 is 12.5 Å². The Bertz CT molecular complexity index is 1110. The van der Waals surface area contributed by atoms with Gasteiger partial charge in [0.25, 0.3) is 5.56 Å². The molecule has 3 aromatic rings. The molecule has 0 fully saturated rings. The second-order valence-corrected chi connectivity index (χ2v) is 6.85. The molecule has 1 N–H and O–H groups in total. The second kappa shape index (κ2) is 8.82. The van der Waals surface area contributed by atoms with Crippen LogP contribution in [-0.2, 0) is 11.3 Å². The van der Waals surface area contributed by atoms with Crippen molar-refractivity contribution < 1.29 is 23.0 Å². The Morgan fingerprint density at radius 2 is 2.17 bits per heavy atom. The molecule has 0 aliphatic rings. The zero-order chi connectivity index (χ0) is 21.0. The summed E-state index contributed by atoms with van der Waals surface area (Å²) >= 11 is 1.29. The van der Waals surface area contributed by atoms with Gasteiger partial charge >= 0.3 is 6.61 Å². The number of methoxy groups -OCH3 is 1. The third kappa shape index (κ3) is 4.77.